The lowest BCUT2D eigenvalue weighted by atomic mass is 10.1. The Kier molecular flexibility index (Phi) is 5.22. The Bertz CT molecular complexity index is 554. The first-order valence-corrected chi connectivity index (χ1v) is 7.51. The van der Waals surface area contributed by atoms with E-state index in [-0.39, 0.29) is 6.10 Å². The van der Waals surface area contributed by atoms with Crippen molar-refractivity contribution in [2.75, 3.05) is 5.73 Å². The average Bonchev–Trinajstić information content (AvgIpc) is 2.47. The second-order valence-corrected chi connectivity index (χ2v) is 5.35. The zero-order valence-electron chi connectivity index (χ0n) is 12.4. The first kappa shape index (κ1) is 14.6. The van der Waals surface area contributed by atoms with E-state index in [2.05, 4.69) is 18.8 Å². The molecule has 1 aromatic heterocycles. The summed E-state index contributed by atoms with van der Waals surface area (Å²) in [7, 11) is 0. The number of anilines is 1. The molecule has 0 bridgehead atoms. The summed E-state index contributed by atoms with van der Waals surface area (Å²) in [6.45, 7) is 4.34. The summed E-state index contributed by atoms with van der Waals surface area (Å²) in [4.78, 5) is 4.11. The van der Waals surface area contributed by atoms with Crippen molar-refractivity contribution >= 4 is 16.5 Å². The maximum atomic E-state index is 6.19. The molecule has 0 saturated carbocycles. The maximum Gasteiger partial charge on any atom is 0.143 e. The molecule has 3 nitrogen and oxygen atoms in total. The molecule has 3 heteroatoms. The SMILES string of the molecule is CCCCCCC(C)Oc1ccc2cnccc2c1N. The van der Waals surface area contributed by atoms with Gasteiger partial charge in [-0.2, -0.15) is 0 Å². The molecule has 1 unspecified atom stereocenters. The fraction of sp³-hybridized carbons (Fsp3) is 0.471. The highest BCUT2D eigenvalue weighted by Gasteiger charge is 2.09. The summed E-state index contributed by atoms with van der Waals surface area (Å²) in [6.07, 6.45) is 9.93. The molecule has 0 aliphatic carbocycles. The van der Waals surface area contributed by atoms with Crippen molar-refractivity contribution in [3.8, 4) is 5.75 Å². The van der Waals surface area contributed by atoms with Crippen LogP contribution in [0.2, 0.25) is 0 Å². The van der Waals surface area contributed by atoms with Gasteiger partial charge in [-0.3, -0.25) is 4.98 Å². The third-order valence-electron chi connectivity index (χ3n) is 3.61. The molecule has 0 fully saturated rings. The molecule has 1 atom stereocenters. The van der Waals surface area contributed by atoms with Gasteiger partial charge in [0.2, 0.25) is 0 Å². The third kappa shape index (κ3) is 3.62. The van der Waals surface area contributed by atoms with Crippen LogP contribution >= 0.6 is 0 Å². The fourth-order valence-corrected chi connectivity index (χ4v) is 2.41. The van der Waals surface area contributed by atoms with E-state index in [9.17, 15) is 0 Å². The Morgan fingerprint density at radius 1 is 1.20 bits per heavy atom. The number of fused-ring (bicyclic) bond motifs is 1. The molecule has 0 radical (unpaired) electrons. The number of nitrogen functional groups attached to an aromatic ring is 1. The smallest absolute Gasteiger partial charge is 0.143 e. The van der Waals surface area contributed by atoms with Gasteiger partial charge in [-0.15, -0.1) is 0 Å². The molecule has 0 aliphatic heterocycles. The van der Waals surface area contributed by atoms with E-state index in [1.807, 2.05) is 24.4 Å². The molecule has 0 saturated heterocycles. The van der Waals surface area contributed by atoms with Crippen molar-refractivity contribution in [3.63, 3.8) is 0 Å². The number of ether oxygens (including phenoxy) is 1. The largest absolute Gasteiger partial charge is 0.489 e. The number of hydrogen-bond donors (Lipinski definition) is 1. The molecule has 0 amide bonds. The van der Waals surface area contributed by atoms with Crippen molar-refractivity contribution in [1.29, 1.82) is 0 Å². The first-order valence-electron chi connectivity index (χ1n) is 7.51. The zero-order valence-corrected chi connectivity index (χ0v) is 12.4. The maximum absolute atomic E-state index is 6.19. The third-order valence-corrected chi connectivity index (χ3v) is 3.61. The van der Waals surface area contributed by atoms with Crippen LogP contribution < -0.4 is 10.5 Å². The standard InChI is InChI=1S/C17H24N2O/c1-3-4-5-6-7-13(2)20-16-9-8-14-12-19-11-10-15(14)17(16)18/h8-13H,3-7,18H2,1-2H3. The van der Waals surface area contributed by atoms with E-state index < -0.39 is 0 Å². The second-order valence-electron chi connectivity index (χ2n) is 5.35. The van der Waals surface area contributed by atoms with Crippen LogP contribution in [0.15, 0.2) is 30.6 Å². The highest BCUT2D eigenvalue weighted by atomic mass is 16.5. The lowest BCUT2D eigenvalue weighted by Gasteiger charge is -2.17. The molecular formula is C17H24N2O. The number of nitrogens with zero attached hydrogens (tertiary/aromatic N) is 1. The topological polar surface area (TPSA) is 48.1 Å². The Hall–Kier alpha value is -1.77. The Balaban J connectivity index is 2.00. The highest BCUT2D eigenvalue weighted by Crippen LogP contribution is 2.31. The number of hydrogen-bond acceptors (Lipinski definition) is 3. The van der Waals surface area contributed by atoms with E-state index in [0.717, 1.165) is 22.9 Å². The molecular weight excluding hydrogens is 248 g/mol. The van der Waals surface area contributed by atoms with Gasteiger partial charge in [0, 0.05) is 23.2 Å². The van der Waals surface area contributed by atoms with Crippen molar-refractivity contribution in [2.45, 2.75) is 52.1 Å². The lowest BCUT2D eigenvalue weighted by Crippen LogP contribution is -2.12. The van der Waals surface area contributed by atoms with E-state index in [1.54, 1.807) is 6.20 Å². The predicted molar refractivity (Wildman–Crippen MR) is 85.0 cm³/mol. The highest BCUT2D eigenvalue weighted by molar-refractivity contribution is 5.95. The number of aromatic nitrogens is 1. The van der Waals surface area contributed by atoms with Gasteiger partial charge in [-0.05, 0) is 38.0 Å². The van der Waals surface area contributed by atoms with E-state index in [1.165, 1.54) is 25.7 Å². The normalized spacial score (nSPS) is 12.5. The minimum atomic E-state index is 0.202. The summed E-state index contributed by atoms with van der Waals surface area (Å²) >= 11 is 0. The molecule has 1 aromatic carbocycles. The van der Waals surface area contributed by atoms with Crippen LogP contribution in [0, 0.1) is 0 Å². The van der Waals surface area contributed by atoms with E-state index in [4.69, 9.17) is 10.5 Å². The number of benzene rings is 1. The quantitative estimate of drug-likeness (QED) is 0.594. The monoisotopic (exact) mass is 272 g/mol. The Morgan fingerprint density at radius 2 is 2.05 bits per heavy atom. The number of rotatable bonds is 7. The number of unbranched alkanes of at least 4 members (excludes halogenated alkanes) is 3. The van der Waals surface area contributed by atoms with Crippen molar-refractivity contribution in [2.24, 2.45) is 0 Å². The van der Waals surface area contributed by atoms with E-state index >= 15 is 0 Å². The van der Waals surface area contributed by atoms with Gasteiger partial charge < -0.3 is 10.5 Å². The van der Waals surface area contributed by atoms with Crippen molar-refractivity contribution in [3.05, 3.63) is 30.6 Å². The van der Waals surface area contributed by atoms with Crippen LogP contribution in [0.4, 0.5) is 5.69 Å². The van der Waals surface area contributed by atoms with Crippen LogP contribution in [-0.4, -0.2) is 11.1 Å². The predicted octanol–water partition coefficient (Wildman–Crippen LogP) is 4.55. The van der Waals surface area contributed by atoms with Gasteiger partial charge in [0.25, 0.3) is 0 Å². The van der Waals surface area contributed by atoms with Crippen LogP contribution in [-0.2, 0) is 0 Å². The Labute approximate surface area is 121 Å². The van der Waals surface area contributed by atoms with Crippen LogP contribution in [0.3, 0.4) is 0 Å². The van der Waals surface area contributed by atoms with Crippen LogP contribution in [0.25, 0.3) is 10.8 Å². The number of nitrogens with two attached hydrogens (primary N) is 1. The van der Waals surface area contributed by atoms with Gasteiger partial charge in [0.1, 0.15) is 5.75 Å². The zero-order chi connectivity index (χ0) is 14.4. The van der Waals surface area contributed by atoms with Gasteiger partial charge in [-0.25, -0.2) is 0 Å². The van der Waals surface area contributed by atoms with Gasteiger partial charge in [0.05, 0.1) is 11.8 Å². The van der Waals surface area contributed by atoms with Crippen LogP contribution in [0.1, 0.15) is 46.0 Å². The molecule has 0 aliphatic rings. The first-order chi connectivity index (χ1) is 9.72. The van der Waals surface area contributed by atoms with Gasteiger partial charge in [0.15, 0.2) is 0 Å². The van der Waals surface area contributed by atoms with Gasteiger partial charge in [-0.1, -0.05) is 26.2 Å². The van der Waals surface area contributed by atoms with E-state index in [0.29, 0.717) is 5.69 Å². The summed E-state index contributed by atoms with van der Waals surface area (Å²) in [6, 6.07) is 5.89. The van der Waals surface area contributed by atoms with Crippen molar-refractivity contribution in [1.82, 2.24) is 4.98 Å². The molecule has 20 heavy (non-hydrogen) atoms. The molecule has 2 N–H and O–H groups in total. The van der Waals surface area contributed by atoms with Crippen LogP contribution in [0.5, 0.6) is 5.75 Å². The molecule has 0 spiro atoms. The Morgan fingerprint density at radius 3 is 2.85 bits per heavy atom. The summed E-state index contributed by atoms with van der Waals surface area (Å²) in [5.41, 5.74) is 6.90. The molecule has 108 valence electrons. The van der Waals surface area contributed by atoms with Crippen molar-refractivity contribution < 1.29 is 4.74 Å². The summed E-state index contributed by atoms with van der Waals surface area (Å²) in [5, 5.41) is 2.06. The molecule has 2 rings (SSSR count). The minimum absolute atomic E-state index is 0.202. The minimum Gasteiger partial charge on any atom is -0.489 e. The summed E-state index contributed by atoms with van der Waals surface area (Å²) < 4.78 is 5.99. The number of pyridine rings is 1. The average molecular weight is 272 g/mol. The fourth-order valence-electron chi connectivity index (χ4n) is 2.41. The van der Waals surface area contributed by atoms with Gasteiger partial charge >= 0.3 is 0 Å². The lowest BCUT2D eigenvalue weighted by molar-refractivity contribution is 0.208. The second kappa shape index (κ2) is 7.13. The summed E-state index contributed by atoms with van der Waals surface area (Å²) in [5.74, 6) is 0.784. The molecule has 1 heterocycles. The molecule has 2 aromatic rings.